The normalized spacial score (nSPS) is 11.9. The Kier molecular flexibility index (Phi) is 5.56. The van der Waals surface area contributed by atoms with E-state index < -0.39 is 13.8 Å². The third-order valence-electron chi connectivity index (χ3n) is 5.23. The summed E-state index contributed by atoms with van der Waals surface area (Å²) in [6.45, 7) is 0. The van der Waals surface area contributed by atoms with Crippen molar-refractivity contribution in [3.8, 4) is 0 Å². The van der Waals surface area contributed by atoms with Crippen LogP contribution in [-0.2, 0) is 0 Å². The molecule has 0 bridgehead atoms. The molecule has 0 atom stereocenters. The summed E-state index contributed by atoms with van der Waals surface area (Å²) >= 11 is 15.1. The summed E-state index contributed by atoms with van der Waals surface area (Å²) in [5.41, 5.74) is 0. The summed E-state index contributed by atoms with van der Waals surface area (Å²) < 4.78 is 0. The molecule has 0 radical (unpaired) electrons. The zero-order valence-corrected chi connectivity index (χ0v) is 18.8. The van der Waals surface area contributed by atoms with Gasteiger partial charge in [0.25, 0.3) is 6.21 Å². The molecule has 0 saturated carbocycles. The van der Waals surface area contributed by atoms with E-state index >= 15 is 0 Å². The van der Waals surface area contributed by atoms with Crippen LogP contribution in [0.3, 0.4) is 0 Å². The van der Waals surface area contributed by atoms with Gasteiger partial charge in [0.1, 0.15) is 0 Å². The van der Waals surface area contributed by atoms with Crippen LogP contribution in [0.15, 0.2) is 121 Å². The second kappa shape index (κ2) is 8.10. The van der Waals surface area contributed by atoms with Crippen molar-refractivity contribution in [1.29, 1.82) is 0 Å². The standard InChI is InChI=1S/C24H20Cl2Si2/c25-28(26,24-19-11-4-12-20-24)27(21-13-5-1-6-14-21,22-15-7-2-8-16-22)23-17-9-3-10-18-23/h1-20H. The first kappa shape index (κ1) is 19.2. The number of hydrogen-bond acceptors (Lipinski definition) is 0. The molecule has 4 aromatic carbocycles. The van der Waals surface area contributed by atoms with E-state index in [-0.39, 0.29) is 0 Å². The molecule has 0 spiro atoms. The third-order valence-corrected chi connectivity index (χ3v) is 23.5. The highest BCUT2D eigenvalue weighted by molar-refractivity contribution is 7.85. The predicted octanol–water partition coefficient (Wildman–Crippen LogP) is 4.06. The lowest BCUT2D eigenvalue weighted by atomic mass is 10.3. The smallest absolute Gasteiger partial charge is 0.142 e. The van der Waals surface area contributed by atoms with E-state index in [0.717, 1.165) is 5.19 Å². The first-order valence-electron chi connectivity index (χ1n) is 9.27. The monoisotopic (exact) mass is 434 g/mol. The van der Waals surface area contributed by atoms with E-state index in [9.17, 15) is 0 Å². The van der Waals surface area contributed by atoms with Crippen molar-refractivity contribution in [3.63, 3.8) is 0 Å². The number of hydrogen-bond donors (Lipinski definition) is 0. The molecule has 0 fully saturated rings. The first-order chi connectivity index (χ1) is 13.7. The van der Waals surface area contributed by atoms with Gasteiger partial charge in [-0.2, -0.15) is 0 Å². The average molecular weight is 436 g/mol. The summed E-state index contributed by atoms with van der Waals surface area (Å²) in [7, 11) is -2.72. The van der Waals surface area contributed by atoms with E-state index in [0.29, 0.717) is 0 Å². The molecule has 0 unspecified atom stereocenters. The molecule has 4 heteroatoms. The van der Waals surface area contributed by atoms with E-state index in [4.69, 9.17) is 22.2 Å². The molecule has 0 heterocycles. The third kappa shape index (κ3) is 3.17. The van der Waals surface area contributed by atoms with Crippen LogP contribution in [0.4, 0.5) is 0 Å². The van der Waals surface area contributed by atoms with Crippen LogP contribution in [0, 0.1) is 0 Å². The fraction of sp³-hybridized carbons (Fsp3) is 0. The van der Waals surface area contributed by atoms with Gasteiger partial charge in [-0.15, -0.1) is 22.2 Å². The van der Waals surface area contributed by atoms with Crippen LogP contribution in [0.5, 0.6) is 0 Å². The van der Waals surface area contributed by atoms with Crippen molar-refractivity contribution in [2.45, 2.75) is 0 Å². The number of rotatable bonds is 5. The van der Waals surface area contributed by atoms with Gasteiger partial charge in [-0.1, -0.05) is 121 Å². The summed E-state index contributed by atoms with van der Waals surface area (Å²) in [5.74, 6) is 0. The lowest BCUT2D eigenvalue weighted by Gasteiger charge is -2.41. The molecule has 0 saturated heterocycles. The molecule has 0 nitrogen and oxygen atoms in total. The van der Waals surface area contributed by atoms with Crippen molar-refractivity contribution < 1.29 is 0 Å². The quantitative estimate of drug-likeness (QED) is 0.252. The van der Waals surface area contributed by atoms with Crippen molar-refractivity contribution in [1.82, 2.24) is 0 Å². The predicted molar refractivity (Wildman–Crippen MR) is 128 cm³/mol. The zero-order chi connectivity index (χ0) is 19.5. The Morgan fingerprint density at radius 1 is 0.357 bits per heavy atom. The lowest BCUT2D eigenvalue weighted by Crippen LogP contribution is -2.82. The Balaban J connectivity index is 2.14. The Bertz CT molecular complexity index is 925. The average Bonchev–Trinajstić information content (AvgIpc) is 2.77. The van der Waals surface area contributed by atoms with Gasteiger partial charge in [-0.05, 0) is 20.7 Å². The van der Waals surface area contributed by atoms with Gasteiger partial charge in [0, 0.05) is 0 Å². The molecule has 28 heavy (non-hydrogen) atoms. The molecule has 0 N–H and O–H groups in total. The molecule has 0 amide bonds. The van der Waals surface area contributed by atoms with E-state index in [1.165, 1.54) is 15.6 Å². The van der Waals surface area contributed by atoms with Gasteiger partial charge in [-0.3, -0.25) is 0 Å². The van der Waals surface area contributed by atoms with Crippen LogP contribution in [0.25, 0.3) is 0 Å². The van der Waals surface area contributed by atoms with E-state index in [1.807, 2.05) is 36.4 Å². The summed E-state index contributed by atoms with van der Waals surface area (Å²) in [4.78, 5) is 0. The second-order valence-electron chi connectivity index (χ2n) is 6.79. The van der Waals surface area contributed by atoms with E-state index in [1.54, 1.807) is 0 Å². The van der Waals surface area contributed by atoms with Crippen molar-refractivity contribution in [3.05, 3.63) is 121 Å². The summed E-state index contributed by atoms with van der Waals surface area (Å²) in [6.07, 6.45) is -3.00. The van der Waals surface area contributed by atoms with Gasteiger partial charge >= 0.3 is 0 Å². The maximum atomic E-state index is 7.55. The molecule has 4 rings (SSSR count). The largest absolute Gasteiger partial charge is 0.282 e. The molecule has 0 aromatic heterocycles. The summed E-state index contributed by atoms with van der Waals surface area (Å²) in [5, 5.41) is 4.79. The molecule has 138 valence electrons. The van der Waals surface area contributed by atoms with E-state index in [2.05, 4.69) is 84.9 Å². The molecule has 0 aliphatic carbocycles. The van der Waals surface area contributed by atoms with Crippen molar-refractivity contribution in [2.75, 3.05) is 0 Å². The van der Waals surface area contributed by atoms with Crippen LogP contribution in [-0.4, -0.2) is 13.8 Å². The Hall–Kier alpha value is -2.11. The van der Waals surface area contributed by atoms with Crippen LogP contribution >= 0.6 is 22.2 Å². The van der Waals surface area contributed by atoms with Gasteiger partial charge in [0.15, 0.2) is 7.59 Å². The molecule has 0 aliphatic rings. The minimum Gasteiger partial charge on any atom is -0.142 e. The maximum Gasteiger partial charge on any atom is 0.282 e. The maximum absolute atomic E-state index is 7.55. The van der Waals surface area contributed by atoms with Gasteiger partial charge < -0.3 is 0 Å². The fourth-order valence-corrected chi connectivity index (χ4v) is 22.4. The van der Waals surface area contributed by atoms with Crippen LogP contribution in [0.2, 0.25) is 0 Å². The highest BCUT2D eigenvalue weighted by Crippen LogP contribution is 2.28. The first-order valence-corrected chi connectivity index (χ1v) is 16.3. The topological polar surface area (TPSA) is 0 Å². The molecular weight excluding hydrogens is 415 g/mol. The molecule has 0 aliphatic heterocycles. The minimum absolute atomic E-state index is 1.06. The number of halogens is 2. The Morgan fingerprint density at radius 3 is 0.893 bits per heavy atom. The highest BCUT2D eigenvalue weighted by Gasteiger charge is 2.59. The van der Waals surface area contributed by atoms with Crippen molar-refractivity contribution in [2.24, 2.45) is 0 Å². The summed E-state index contributed by atoms with van der Waals surface area (Å²) in [6, 6.07) is 42.1. The van der Waals surface area contributed by atoms with Gasteiger partial charge in [-0.25, -0.2) is 0 Å². The number of benzene rings is 4. The van der Waals surface area contributed by atoms with Crippen LogP contribution in [0.1, 0.15) is 0 Å². The highest BCUT2D eigenvalue weighted by atomic mass is 35.7. The van der Waals surface area contributed by atoms with Crippen LogP contribution < -0.4 is 20.7 Å². The van der Waals surface area contributed by atoms with Crippen molar-refractivity contribution >= 4 is 56.7 Å². The van der Waals surface area contributed by atoms with Gasteiger partial charge in [0.2, 0.25) is 0 Å². The fourth-order valence-electron chi connectivity index (χ4n) is 3.97. The van der Waals surface area contributed by atoms with Gasteiger partial charge in [0.05, 0.1) is 0 Å². The molecular formula is C24H20Cl2Si2. The Labute approximate surface area is 177 Å². The SMILES string of the molecule is Cl[Si](Cl)(c1ccccc1)[Si](c1ccccc1)(c1ccccc1)c1ccccc1. The second-order valence-corrected chi connectivity index (χ2v) is 22.1. The zero-order valence-electron chi connectivity index (χ0n) is 15.3. The molecule has 4 aromatic rings. The Morgan fingerprint density at radius 2 is 0.607 bits per heavy atom. The lowest BCUT2D eigenvalue weighted by molar-refractivity contribution is 1.69. The minimum atomic E-state index is -3.00.